The zero-order valence-electron chi connectivity index (χ0n) is 21.7. The Labute approximate surface area is 213 Å². The number of carbonyl (C=O) groups is 1. The van der Waals surface area contributed by atoms with E-state index in [1.807, 2.05) is 50.2 Å². The van der Waals surface area contributed by atoms with Crippen LogP contribution in [-0.2, 0) is 11.0 Å². The summed E-state index contributed by atoms with van der Waals surface area (Å²) in [4.78, 5) is 18.2. The highest BCUT2D eigenvalue weighted by atomic mass is 32.1. The zero-order chi connectivity index (χ0) is 25.6. The fourth-order valence-electron chi connectivity index (χ4n) is 2.99. The van der Waals surface area contributed by atoms with E-state index in [-0.39, 0.29) is 17.0 Å². The number of nitrogens with zero attached hydrogens (tertiary/aromatic N) is 1. The number of carbonyl (C=O) groups excluding carboxylic acids is 1. The molecule has 1 amide bonds. The number of anilines is 1. The van der Waals surface area contributed by atoms with Gasteiger partial charge in [0.05, 0.1) is 6.61 Å². The number of amides is 1. The van der Waals surface area contributed by atoms with Crippen LogP contribution in [0.1, 0.15) is 48.5 Å². The third kappa shape index (κ3) is 7.91. The zero-order valence-corrected chi connectivity index (χ0v) is 23.5. The second kappa shape index (κ2) is 11.4. The highest BCUT2D eigenvalue weighted by Crippen LogP contribution is 2.36. The fraction of sp³-hybridized carbons (Fsp3) is 0.407. The molecule has 35 heavy (non-hydrogen) atoms. The van der Waals surface area contributed by atoms with Gasteiger partial charge in [-0.3, -0.25) is 10.1 Å². The van der Waals surface area contributed by atoms with Crippen molar-refractivity contribution in [3.05, 3.63) is 70.7 Å². The van der Waals surface area contributed by atoms with Crippen molar-refractivity contribution < 1.29 is 18.7 Å². The van der Waals surface area contributed by atoms with E-state index in [1.165, 1.54) is 11.3 Å². The molecule has 0 saturated carbocycles. The number of rotatable bonds is 10. The monoisotopic (exact) mass is 512 g/mol. The lowest BCUT2D eigenvalue weighted by atomic mass is 10.2. The number of thiazole rings is 1. The van der Waals surface area contributed by atoms with Gasteiger partial charge in [-0.25, -0.2) is 4.98 Å². The summed E-state index contributed by atoms with van der Waals surface area (Å²) in [6, 6.07) is 15.2. The largest absolute Gasteiger partial charge is 0.489 e. The Bertz CT molecular complexity index is 1130. The van der Waals surface area contributed by atoms with Crippen molar-refractivity contribution >= 4 is 30.7 Å². The molecule has 3 rings (SSSR count). The normalized spacial score (nSPS) is 12.8. The first kappa shape index (κ1) is 26.9. The van der Waals surface area contributed by atoms with E-state index in [2.05, 4.69) is 44.2 Å². The van der Waals surface area contributed by atoms with Crippen molar-refractivity contribution in [2.24, 2.45) is 0 Å². The molecule has 0 unspecified atom stereocenters. The fourth-order valence-corrected chi connectivity index (χ4v) is 4.73. The molecule has 6 nitrogen and oxygen atoms in total. The van der Waals surface area contributed by atoms with Crippen LogP contribution in [0.25, 0.3) is 0 Å². The van der Waals surface area contributed by atoms with E-state index < -0.39 is 8.32 Å². The lowest BCUT2D eigenvalue weighted by Crippen LogP contribution is -2.43. The standard InChI is InChI=1S/C27H36N2O4SSi/c1-19(17-32-35(6,7)27(3,4)5)33-24-14-22(25(30)29-26-28-16-20(2)34-26)13-23(15-24)31-18-21-11-9-8-10-12-21/h8-16,19H,17-18H2,1-7H3,(H,28,29,30)/t19-/m0/s1. The number of ether oxygens (including phenoxy) is 2. The van der Waals surface area contributed by atoms with Gasteiger partial charge in [-0.2, -0.15) is 0 Å². The Morgan fingerprint density at radius 2 is 1.80 bits per heavy atom. The quantitative estimate of drug-likeness (QED) is 0.294. The van der Waals surface area contributed by atoms with Gasteiger partial charge in [-0.05, 0) is 49.7 Å². The molecule has 0 aliphatic heterocycles. The Balaban J connectivity index is 1.76. The molecule has 1 atom stereocenters. The molecule has 0 radical (unpaired) electrons. The van der Waals surface area contributed by atoms with Crippen LogP contribution < -0.4 is 14.8 Å². The third-order valence-electron chi connectivity index (χ3n) is 6.05. The minimum atomic E-state index is -1.89. The molecule has 3 aromatic rings. The molecule has 0 aliphatic rings. The lowest BCUT2D eigenvalue weighted by Gasteiger charge is -2.36. The van der Waals surface area contributed by atoms with Gasteiger partial charge in [0.2, 0.25) is 0 Å². The SMILES string of the molecule is Cc1cnc(NC(=O)c2cc(OCc3ccccc3)cc(O[C@@H](C)CO[Si](C)(C)C(C)(C)C)c2)s1. The summed E-state index contributed by atoms with van der Waals surface area (Å²) in [7, 11) is -1.89. The van der Waals surface area contributed by atoms with Crippen LogP contribution in [0.4, 0.5) is 5.13 Å². The van der Waals surface area contributed by atoms with E-state index in [1.54, 1.807) is 18.3 Å². The molecular formula is C27H36N2O4SSi. The molecule has 0 saturated heterocycles. The molecule has 1 N–H and O–H groups in total. The maximum atomic E-state index is 13.0. The Morgan fingerprint density at radius 1 is 1.11 bits per heavy atom. The maximum Gasteiger partial charge on any atom is 0.257 e. The van der Waals surface area contributed by atoms with E-state index in [0.717, 1.165) is 10.4 Å². The van der Waals surface area contributed by atoms with Crippen LogP contribution in [0.15, 0.2) is 54.7 Å². The van der Waals surface area contributed by atoms with E-state index in [0.29, 0.717) is 35.4 Å². The van der Waals surface area contributed by atoms with Gasteiger partial charge in [0.1, 0.15) is 24.2 Å². The van der Waals surface area contributed by atoms with Crippen LogP contribution >= 0.6 is 11.3 Å². The molecule has 2 aromatic carbocycles. The molecule has 1 aromatic heterocycles. The van der Waals surface area contributed by atoms with Crippen molar-refractivity contribution in [1.82, 2.24) is 4.98 Å². The Kier molecular flexibility index (Phi) is 8.74. The summed E-state index contributed by atoms with van der Waals surface area (Å²) in [6.45, 7) is 15.9. The lowest BCUT2D eigenvalue weighted by molar-refractivity contribution is 0.102. The van der Waals surface area contributed by atoms with E-state index >= 15 is 0 Å². The minimum absolute atomic E-state index is 0.122. The summed E-state index contributed by atoms with van der Waals surface area (Å²) in [5.41, 5.74) is 1.48. The summed E-state index contributed by atoms with van der Waals surface area (Å²) in [6.07, 6.45) is 1.55. The van der Waals surface area contributed by atoms with Gasteiger partial charge in [0, 0.05) is 22.7 Å². The van der Waals surface area contributed by atoms with Gasteiger partial charge < -0.3 is 13.9 Å². The van der Waals surface area contributed by atoms with Gasteiger partial charge in [-0.15, -0.1) is 11.3 Å². The van der Waals surface area contributed by atoms with Gasteiger partial charge in [0.15, 0.2) is 13.4 Å². The Hall–Kier alpha value is -2.68. The van der Waals surface area contributed by atoms with Crippen LogP contribution in [0, 0.1) is 6.92 Å². The molecule has 0 spiro atoms. The average molecular weight is 513 g/mol. The smallest absolute Gasteiger partial charge is 0.257 e. The van der Waals surface area contributed by atoms with Crippen molar-refractivity contribution in [3.63, 3.8) is 0 Å². The molecule has 8 heteroatoms. The van der Waals surface area contributed by atoms with Gasteiger partial charge in [-0.1, -0.05) is 51.1 Å². The molecule has 188 valence electrons. The van der Waals surface area contributed by atoms with Crippen LogP contribution in [0.3, 0.4) is 0 Å². The third-order valence-corrected chi connectivity index (χ3v) is 11.4. The molecule has 0 bridgehead atoms. The predicted molar refractivity (Wildman–Crippen MR) is 145 cm³/mol. The predicted octanol–water partition coefficient (Wildman–Crippen LogP) is 7.07. The number of nitrogens with one attached hydrogen (secondary N) is 1. The van der Waals surface area contributed by atoms with Crippen molar-refractivity contribution in [2.75, 3.05) is 11.9 Å². The number of aryl methyl sites for hydroxylation is 1. The van der Waals surface area contributed by atoms with Gasteiger partial charge in [0.25, 0.3) is 5.91 Å². The average Bonchev–Trinajstić information content (AvgIpc) is 3.20. The van der Waals surface area contributed by atoms with Gasteiger partial charge >= 0.3 is 0 Å². The first-order valence-electron chi connectivity index (χ1n) is 11.8. The minimum Gasteiger partial charge on any atom is -0.489 e. The summed E-state index contributed by atoms with van der Waals surface area (Å²) in [5, 5.41) is 3.54. The highest BCUT2D eigenvalue weighted by molar-refractivity contribution is 7.15. The molecular weight excluding hydrogens is 476 g/mol. The maximum absolute atomic E-state index is 13.0. The number of benzene rings is 2. The Morgan fingerprint density at radius 3 is 2.43 bits per heavy atom. The van der Waals surface area contributed by atoms with Crippen LogP contribution in [-0.4, -0.2) is 31.9 Å². The van der Waals surface area contributed by atoms with Crippen molar-refractivity contribution in [2.45, 2.75) is 65.5 Å². The second-order valence-corrected chi connectivity index (χ2v) is 16.2. The van der Waals surface area contributed by atoms with E-state index in [9.17, 15) is 4.79 Å². The molecule has 0 fully saturated rings. The summed E-state index contributed by atoms with van der Waals surface area (Å²) < 4.78 is 18.5. The topological polar surface area (TPSA) is 69.7 Å². The first-order chi connectivity index (χ1) is 16.4. The summed E-state index contributed by atoms with van der Waals surface area (Å²) in [5.74, 6) is 0.853. The second-order valence-electron chi connectivity index (χ2n) is 10.2. The number of aromatic nitrogens is 1. The summed E-state index contributed by atoms with van der Waals surface area (Å²) >= 11 is 1.43. The van der Waals surface area contributed by atoms with Crippen LogP contribution in [0.2, 0.25) is 18.1 Å². The number of hydrogen-bond donors (Lipinski definition) is 1. The highest BCUT2D eigenvalue weighted by Gasteiger charge is 2.37. The van der Waals surface area contributed by atoms with Crippen LogP contribution in [0.5, 0.6) is 11.5 Å². The number of hydrogen-bond acceptors (Lipinski definition) is 6. The van der Waals surface area contributed by atoms with Crippen molar-refractivity contribution in [3.8, 4) is 11.5 Å². The van der Waals surface area contributed by atoms with Crippen molar-refractivity contribution in [1.29, 1.82) is 0 Å². The first-order valence-corrected chi connectivity index (χ1v) is 15.5. The molecule has 0 aliphatic carbocycles. The molecule has 1 heterocycles. The van der Waals surface area contributed by atoms with E-state index in [4.69, 9.17) is 13.9 Å².